The molecule has 0 spiro atoms. The van der Waals surface area contributed by atoms with Gasteiger partial charge in [-0.3, -0.25) is 14.9 Å². The molecule has 6 nitrogen and oxygen atoms in total. The summed E-state index contributed by atoms with van der Waals surface area (Å²) in [6.45, 7) is 2.31. The van der Waals surface area contributed by atoms with Gasteiger partial charge in [0, 0.05) is 24.2 Å². The van der Waals surface area contributed by atoms with Crippen molar-refractivity contribution in [3.63, 3.8) is 0 Å². The zero-order valence-electron chi connectivity index (χ0n) is 14.1. The third-order valence-corrected chi connectivity index (χ3v) is 4.68. The molecule has 1 saturated heterocycles. The fraction of sp³-hybridized carbons (Fsp3) is 0.263. The highest BCUT2D eigenvalue weighted by atomic mass is 19.1. The largest absolute Gasteiger partial charge is 0.331 e. The number of nitro groups is 1. The molecule has 1 fully saturated rings. The highest BCUT2D eigenvalue weighted by Crippen LogP contribution is 2.52. The van der Waals surface area contributed by atoms with Crippen LogP contribution in [0.5, 0.6) is 0 Å². The fourth-order valence-corrected chi connectivity index (χ4v) is 3.52. The Morgan fingerprint density at radius 3 is 2.46 bits per heavy atom. The lowest BCUT2D eigenvalue weighted by molar-refractivity contribution is -0.384. The van der Waals surface area contributed by atoms with Gasteiger partial charge in [-0.2, -0.15) is 5.26 Å². The van der Waals surface area contributed by atoms with Gasteiger partial charge in [0.25, 0.3) is 11.6 Å². The minimum Gasteiger partial charge on any atom is -0.331 e. The molecule has 2 aromatic carbocycles. The van der Waals surface area contributed by atoms with Gasteiger partial charge in [-0.05, 0) is 18.1 Å². The van der Waals surface area contributed by atoms with Crippen molar-refractivity contribution in [1.82, 2.24) is 4.90 Å². The first-order valence-electron chi connectivity index (χ1n) is 8.19. The number of non-ortho nitro benzene ring substituents is 1. The average Bonchev–Trinajstić information content (AvgIpc) is 2.65. The molecule has 0 bridgehead atoms. The van der Waals surface area contributed by atoms with Crippen molar-refractivity contribution in [2.45, 2.75) is 24.8 Å². The van der Waals surface area contributed by atoms with Crippen LogP contribution in [-0.4, -0.2) is 22.3 Å². The maximum absolute atomic E-state index is 14.4. The van der Waals surface area contributed by atoms with Crippen molar-refractivity contribution in [1.29, 1.82) is 5.26 Å². The van der Waals surface area contributed by atoms with E-state index < -0.39 is 28.1 Å². The summed E-state index contributed by atoms with van der Waals surface area (Å²) >= 11 is 0. The Labute approximate surface area is 149 Å². The van der Waals surface area contributed by atoms with E-state index in [1.54, 1.807) is 6.07 Å². The number of benzene rings is 2. The third kappa shape index (κ3) is 2.42. The van der Waals surface area contributed by atoms with Crippen LogP contribution in [0.3, 0.4) is 0 Å². The van der Waals surface area contributed by atoms with Gasteiger partial charge >= 0.3 is 0 Å². The molecule has 2 aromatic rings. The number of nitriles is 1. The topological polar surface area (TPSA) is 87.2 Å². The van der Waals surface area contributed by atoms with Crippen LogP contribution in [0, 0.1) is 27.3 Å². The van der Waals surface area contributed by atoms with Gasteiger partial charge in [0.05, 0.1) is 17.0 Å². The lowest BCUT2D eigenvalue weighted by atomic mass is 9.64. The number of halogens is 1. The molecule has 0 aromatic heterocycles. The van der Waals surface area contributed by atoms with E-state index in [-0.39, 0.29) is 11.3 Å². The average molecular weight is 353 g/mol. The van der Waals surface area contributed by atoms with Crippen LogP contribution in [0.15, 0.2) is 48.5 Å². The molecule has 132 valence electrons. The van der Waals surface area contributed by atoms with Crippen molar-refractivity contribution in [2.75, 3.05) is 6.54 Å². The first-order chi connectivity index (χ1) is 12.5. The van der Waals surface area contributed by atoms with Gasteiger partial charge in [-0.15, -0.1) is 0 Å². The minimum atomic E-state index is -1.67. The van der Waals surface area contributed by atoms with Gasteiger partial charge in [0.1, 0.15) is 5.82 Å². The third-order valence-electron chi connectivity index (χ3n) is 4.68. The van der Waals surface area contributed by atoms with Crippen molar-refractivity contribution < 1.29 is 14.1 Å². The molecule has 1 amide bonds. The Morgan fingerprint density at radius 1 is 1.27 bits per heavy atom. The van der Waals surface area contributed by atoms with E-state index >= 15 is 0 Å². The van der Waals surface area contributed by atoms with Gasteiger partial charge < -0.3 is 4.90 Å². The van der Waals surface area contributed by atoms with Crippen molar-refractivity contribution in [3.8, 4) is 6.07 Å². The molecule has 0 unspecified atom stereocenters. The zero-order chi connectivity index (χ0) is 18.9. The fourth-order valence-electron chi connectivity index (χ4n) is 3.52. The lowest BCUT2D eigenvalue weighted by Gasteiger charge is -2.52. The van der Waals surface area contributed by atoms with E-state index in [1.807, 2.05) is 13.0 Å². The highest BCUT2D eigenvalue weighted by Gasteiger charge is 2.63. The number of carbonyl (C=O) groups excluding carboxylic acids is 1. The van der Waals surface area contributed by atoms with Crippen molar-refractivity contribution >= 4 is 11.6 Å². The Kier molecular flexibility index (Phi) is 4.43. The standard InChI is InChI=1S/C19H16FN3O3/c1-2-11-22-17(13-7-9-14(10-8-13)23(25)26)19(12-21,18(22)24)15-5-3-4-6-16(15)20/h3-10,17H,2,11H2,1H3/t17-,19-/m1/s1. The van der Waals surface area contributed by atoms with Crippen molar-refractivity contribution in [2.24, 2.45) is 0 Å². The maximum atomic E-state index is 14.4. The summed E-state index contributed by atoms with van der Waals surface area (Å²) in [5.74, 6) is -1.07. The van der Waals surface area contributed by atoms with Gasteiger partial charge in [0.2, 0.25) is 0 Å². The molecule has 26 heavy (non-hydrogen) atoms. The van der Waals surface area contributed by atoms with E-state index in [4.69, 9.17) is 0 Å². The Hall–Kier alpha value is -3.27. The van der Waals surface area contributed by atoms with E-state index in [9.17, 15) is 24.6 Å². The van der Waals surface area contributed by atoms with Crippen LogP contribution in [0.1, 0.15) is 30.5 Å². The second-order valence-corrected chi connectivity index (χ2v) is 6.15. The van der Waals surface area contributed by atoms with Crippen LogP contribution in [0.2, 0.25) is 0 Å². The molecule has 0 saturated carbocycles. The summed E-state index contributed by atoms with van der Waals surface area (Å²) in [5, 5.41) is 20.7. The molecule has 0 aliphatic carbocycles. The number of amides is 1. The number of hydrogen-bond acceptors (Lipinski definition) is 4. The SMILES string of the molecule is CCCN1C(=O)[C@](C#N)(c2ccccc2F)[C@H]1c1ccc([N+](=O)[O-])cc1. The molecule has 0 N–H and O–H groups in total. The lowest BCUT2D eigenvalue weighted by Crippen LogP contribution is -2.65. The van der Waals surface area contributed by atoms with Crippen molar-refractivity contribution in [3.05, 3.63) is 75.6 Å². The number of β-lactam (4-membered cyclic amide) rings is 1. The smallest absolute Gasteiger partial charge is 0.269 e. The molecule has 2 atom stereocenters. The van der Waals surface area contributed by atoms with Crippen LogP contribution in [-0.2, 0) is 10.2 Å². The number of hydrogen-bond donors (Lipinski definition) is 0. The summed E-state index contributed by atoms with van der Waals surface area (Å²) < 4.78 is 14.4. The molecular formula is C19H16FN3O3. The van der Waals surface area contributed by atoms with E-state index in [1.165, 1.54) is 47.4 Å². The van der Waals surface area contributed by atoms with Gasteiger partial charge in [-0.25, -0.2) is 4.39 Å². The predicted octanol–water partition coefficient (Wildman–Crippen LogP) is 3.49. The van der Waals surface area contributed by atoms with Crippen LogP contribution < -0.4 is 0 Å². The Balaban J connectivity index is 2.14. The molecule has 1 aliphatic rings. The van der Waals surface area contributed by atoms with E-state index in [0.717, 1.165) is 0 Å². The number of rotatable bonds is 5. The summed E-state index contributed by atoms with van der Waals surface area (Å²) in [5.41, 5.74) is -1.16. The summed E-state index contributed by atoms with van der Waals surface area (Å²) in [6.07, 6.45) is 0.675. The van der Waals surface area contributed by atoms with E-state index in [0.29, 0.717) is 18.5 Å². The number of carbonyl (C=O) groups is 1. The monoisotopic (exact) mass is 353 g/mol. The van der Waals surface area contributed by atoms with Crippen LogP contribution in [0.25, 0.3) is 0 Å². The number of nitro benzene ring substituents is 1. The quantitative estimate of drug-likeness (QED) is 0.468. The summed E-state index contributed by atoms with van der Waals surface area (Å²) in [6, 6.07) is 12.8. The molecule has 1 aliphatic heterocycles. The molecule has 3 rings (SSSR count). The molecule has 1 heterocycles. The first-order valence-corrected chi connectivity index (χ1v) is 8.19. The maximum Gasteiger partial charge on any atom is 0.269 e. The molecule has 7 heteroatoms. The van der Waals surface area contributed by atoms with Gasteiger partial charge in [0.15, 0.2) is 5.41 Å². The van der Waals surface area contributed by atoms with Crippen LogP contribution in [0.4, 0.5) is 10.1 Å². The Morgan fingerprint density at radius 2 is 1.92 bits per heavy atom. The zero-order valence-corrected chi connectivity index (χ0v) is 14.1. The second-order valence-electron chi connectivity index (χ2n) is 6.15. The normalized spacial score (nSPS) is 21.8. The second kappa shape index (κ2) is 6.56. The van der Waals surface area contributed by atoms with Crippen LogP contribution >= 0.6 is 0 Å². The molecule has 0 radical (unpaired) electrons. The summed E-state index contributed by atoms with van der Waals surface area (Å²) in [4.78, 5) is 24.7. The van der Waals surface area contributed by atoms with E-state index in [2.05, 4.69) is 0 Å². The van der Waals surface area contributed by atoms with Gasteiger partial charge in [-0.1, -0.05) is 37.3 Å². The number of likely N-dealkylation sites (tertiary alicyclic amines) is 1. The Bertz CT molecular complexity index is 907. The molecular weight excluding hydrogens is 337 g/mol. The highest BCUT2D eigenvalue weighted by molar-refractivity contribution is 5.99. The predicted molar refractivity (Wildman–Crippen MR) is 91.5 cm³/mol. The summed E-state index contributed by atoms with van der Waals surface area (Å²) in [7, 11) is 0. The first kappa shape index (κ1) is 17.5. The number of nitrogens with zero attached hydrogens (tertiary/aromatic N) is 3. The minimum absolute atomic E-state index is 0.0307.